The number of rotatable bonds is 24. The highest BCUT2D eigenvalue weighted by Crippen LogP contribution is 2.49. The number of hydrogen-bond donors (Lipinski definition) is 2. The smallest absolute Gasteiger partial charge is 0.493 e. The lowest BCUT2D eigenvalue weighted by Crippen LogP contribution is -2.43. The van der Waals surface area contributed by atoms with Gasteiger partial charge in [0, 0.05) is 46.7 Å². The standard InChI is InChI=1S/C26H36N5O4P.C18H30BO6P.C14H18IN5/c1-3-34-36(32,35-4-2)12-11-33-22-8-5-7-20(15-22)23-17-31(26-24(23)25(27)28-18-29-26)21-13-19(14-21)16-30-9-6-10-30;1-7-22-26(20,23-8-2)13-12-21-16-11-9-10-15(14-16)19-24-17(3,4)18(5,6)25-19;15-11-7-20(14-12(11)13(16)17-8-18-14)10-4-9(5-10)6-19-2-1-3-19/h5,7-8,15,17-19,21H,3-4,6,9-14,16H2,1-2H3,(H2,27,28,29);9-11,14H,7-8,12-13H2,1-6H3;7-10H,1-6H2,(H2,16,17,18). The number of anilines is 2. The van der Waals surface area contributed by atoms with Gasteiger partial charge in [-0.05, 0) is 190 Å². The Morgan fingerprint density at radius 1 is 0.634 bits per heavy atom. The Labute approximate surface area is 497 Å². The van der Waals surface area contributed by atoms with Crippen molar-refractivity contribution in [2.45, 2.75) is 117 Å². The van der Waals surface area contributed by atoms with Crippen molar-refractivity contribution in [3.8, 4) is 22.6 Å². The third-order valence-corrected chi connectivity index (χ3v) is 21.4. The summed E-state index contributed by atoms with van der Waals surface area (Å²) in [4.78, 5) is 22.5. The number of nitrogens with zero attached hydrogens (tertiary/aromatic N) is 8. The second-order valence-corrected chi connectivity index (χ2v) is 28.3. The maximum atomic E-state index is 12.7. The maximum Gasteiger partial charge on any atom is 0.494 e. The molecule has 6 aromatic rings. The van der Waals surface area contributed by atoms with Crippen LogP contribution in [-0.2, 0) is 36.5 Å². The molecule has 0 atom stereocenters. The van der Waals surface area contributed by atoms with Crippen LogP contribution in [0, 0.1) is 15.4 Å². The van der Waals surface area contributed by atoms with Gasteiger partial charge in [0.15, 0.2) is 0 Å². The van der Waals surface area contributed by atoms with E-state index in [-0.39, 0.29) is 25.5 Å². The summed E-state index contributed by atoms with van der Waals surface area (Å²) in [6.45, 7) is 24.7. The average Bonchev–Trinajstić information content (AvgIpc) is 4.08. The number of aromatic nitrogens is 6. The molecule has 0 radical (unpaired) electrons. The van der Waals surface area contributed by atoms with Crippen LogP contribution in [0.2, 0.25) is 0 Å². The molecule has 3 aliphatic heterocycles. The number of nitrogen functional groups attached to an aromatic ring is 2. The van der Waals surface area contributed by atoms with E-state index in [0.717, 1.165) is 66.9 Å². The Bertz CT molecular complexity index is 3150. The summed E-state index contributed by atoms with van der Waals surface area (Å²) in [6.07, 6.45) is 15.4. The van der Waals surface area contributed by atoms with Crippen LogP contribution < -0.4 is 26.4 Å². The molecule has 7 heterocycles. The lowest BCUT2D eigenvalue weighted by Gasteiger charge is -2.42. The Kier molecular flexibility index (Phi) is 20.9. The van der Waals surface area contributed by atoms with Crippen molar-refractivity contribution in [1.29, 1.82) is 0 Å². The van der Waals surface area contributed by atoms with Crippen molar-refractivity contribution >= 4 is 84.1 Å². The molecular weight excluding hydrogens is 1200 g/mol. The largest absolute Gasteiger partial charge is 0.494 e. The molecular formula is C58H84BIN10O10P2. The Hall–Kier alpha value is -4.19. The number of ether oxygens (including phenoxy) is 2. The van der Waals surface area contributed by atoms with Crippen LogP contribution in [0.3, 0.4) is 0 Å². The molecule has 2 aromatic carbocycles. The number of fused-ring (bicyclic) bond motifs is 2. The zero-order chi connectivity index (χ0) is 58.2. The summed E-state index contributed by atoms with van der Waals surface area (Å²) in [7, 11) is -6.69. The van der Waals surface area contributed by atoms with Gasteiger partial charge in [-0.3, -0.25) is 9.13 Å². The molecule has 82 heavy (non-hydrogen) atoms. The number of halogens is 1. The predicted octanol–water partition coefficient (Wildman–Crippen LogP) is 10.9. The van der Waals surface area contributed by atoms with Crippen LogP contribution in [-0.4, -0.2) is 148 Å². The molecule has 11 rings (SSSR count). The van der Waals surface area contributed by atoms with E-state index in [1.807, 2.05) is 76.2 Å². The van der Waals surface area contributed by atoms with E-state index < -0.39 is 33.5 Å². The van der Waals surface area contributed by atoms with Gasteiger partial charge in [0.05, 0.1) is 73.9 Å². The van der Waals surface area contributed by atoms with Gasteiger partial charge >= 0.3 is 22.3 Å². The van der Waals surface area contributed by atoms with Crippen molar-refractivity contribution < 1.29 is 46.0 Å². The third kappa shape index (κ3) is 14.9. The molecule has 4 N–H and O–H groups in total. The summed E-state index contributed by atoms with van der Waals surface area (Å²) in [5.41, 5.74) is 16.3. The van der Waals surface area contributed by atoms with Gasteiger partial charge in [-0.25, -0.2) is 19.9 Å². The van der Waals surface area contributed by atoms with Gasteiger partial charge < -0.3 is 67.3 Å². The number of nitrogens with two attached hydrogens (primary N) is 2. The first kappa shape index (κ1) is 62.3. The van der Waals surface area contributed by atoms with Gasteiger partial charge in [-0.15, -0.1) is 0 Å². The van der Waals surface area contributed by atoms with Gasteiger partial charge in [-0.2, -0.15) is 0 Å². The minimum Gasteiger partial charge on any atom is -0.493 e. The molecule has 0 unspecified atom stereocenters. The topological polar surface area (TPSA) is 228 Å². The van der Waals surface area contributed by atoms with Crippen molar-refractivity contribution in [2.24, 2.45) is 11.8 Å². The third-order valence-electron chi connectivity index (χ3n) is 16.5. The molecule has 20 nitrogen and oxygen atoms in total. The van der Waals surface area contributed by atoms with E-state index in [4.69, 9.17) is 48.3 Å². The van der Waals surface area contributed by atoms with Gasteiger partial charge in [0.1, 0.15) is 47.1 Å². The van der Waals surface area contributed by atoms with Crippen LogP contribution in [0.4, 0.5) is 11.6 Å². The van der Waals surface area contributed by atoms with Gasteiger partial charge in [0.2, 0.25) is 0 Å². The SMILES string of the molecule is CCOP(=O)(CCOc1cccc(-c2cn(C3CC(CN4CCC4)C3)c3ncnc(N)c23)c1)OCC.CCOP(=O)(CCOc1cccc(B2OC(C)(C)C(C)(C)O2)c1)OCC.Nc1ncnc2c1c(I)cn2C1CC(CN2CCC2)C1. The zero-order valence-corrected chi connectivity index (χ0v) is 53.0. The van der Waals surface area contributed by atoms with Crippen LogP contribution in [0.25, 0.3) is 33.2 Å². The summed E-state index contributed by atoms with van der Waals surface area (Å²) in [5, 5.41) is 1.89. The zero-order valence-electron chi connectivity index (χ0n) is 49.0. The molecule has 0 bridgehead atoms. The maximum absolute atomic E-state index is 12.7. The Morgan fingerprint density at radius 2 is 1.09 bits per heavy atom. The molecule has 24 heteroatoms. The van der Waals surface area contributed by atoms with E-state index in [1.165, 1.54) is 65.0 Å². The van der Waals surface area contributed by atoms with E-state index >= 15 is 0 Å². The van der Waals surface area contributed by atoms with Crippen LogP contribution in [0.5, 0.6) is 11.5 Å². The fourth-order valence-corrected chi connectivity index (χ4v) is 14.8. The first-order chi connectivity index (χ1) is 39.3. The molecule has 3 saturated heterocycles. The Balaban J connectivity index is 0.000000155. The second-order valence-electron chi connectivity index (χ2n) is 22.8. The highest BCUT2D eigenvalue weighted by molar-refractivity contribution is 14.1. The molecule has 5 aliphatic rings. The molecule has 446 valence electrons. The average molecular weight is 1280 g/mol. The Morgan fingerprint density at radius 3 is 1.56 bits per heavy atom. The number of benzene rings is 2. The van der Waals surface area contributed by atoms with Gasteiger partial charge in [-0.1, -0.05) is 24.3 Å². The summed E-state index contributed by atoms with van der Waals surface area (Å²) in [5.74, 6) is 4.02. The molecule has 5 fully saturated rings. The predicted molar refractivity (Wildman–Crippen MR) is 332 cm³/mol. The monoisotopic (exact) mass is 1280 g/mol. The highest BCUT2D eigenvalue weighted by Gasteiger charge is 2.52. The highest BCUT2D eigenvalue weighted by atomic mass is 127. The molecule has 0 spiro atoms. The molecule has 2 saturated carbocycles. The molecule has 2 aliphatic carbocycles. The minimum absolute atomic E-state index is 0.194. The fraction of sp³-hybridized carbons (Fsp3) is 0.586. The van der Waals surface area contributed by atoms with E-state index in [9.17, 15) is 9.13 Å². The van der Waals surface area contributed by atoms with Crippen molar-refractivity contribution in [3.63, 3.8) is 0 Å². The van der Waals surface area contributed by atoms with Crippen LogP contribution in [0.15, 0.2) is 73.6 Å². The fourth-order valence-electron chi connectivity index (χ4n) is 11.1. The first-order valence-electron chi connectivity index (χ1n) is 29.2. The minimum atomic E-state index is -3.15. The van der Waals surface area contributed by atoms with Gasteiger partial charge in [0.25, 0.3) is 0 Å². The lowest BCUT2D eigenvalue weighted by molar-refractivity contribution is 0.00578. The summed E-state index contributed by atoms with van der Waals surface area (Å²) >= 11 is 2.33. The quantitative estimate of drug-likeness (QED) is 0.0326. The normalized spacial score (nSPS) is 21.4. The van der Waals surface area contributed by atoms with Crippen molar-refractivity contribution in [2.75, 3.05) is 103 Å². The number of likely N-dealkylation sites (tertiary alicyclic amines) is 2. The summed E-state index contributed by atoms with van der Waals surface area (Å²) in [6, 6.07) is 16.4. The van der Waals surface area contributed by atoms with Crippen LogP contribution >= 0.6 is 37.8 Å². The lowest BCUT2D eigenvalue weighted by atomic mass is 9.79. The summed E-state index contributed by atoms with van der Waals surface area (Å²) < 4.78 is 76.0. The van der Waals surface area contributed by atoms with E-state index in [0.29, 0.717) is 61.6 Å². The van der Waals surface area contributed by atoms with E-state index in [2.05, 4.69) is 73.9 Å². The molecule has 4 aromatic heterocycles. The van der Waals surface area contributed by atoms with Crippen molar-refractivity contribution in [3.05, 3.63) is 77.1 Å². The van der Waals surface area contributed by atoms with Crippen molar-refractivity contribution in [1.82, 2.24) is 38.9 Å². The number of hydrogen-bond acceptors (Lipinski definition) is 18. The van der Waals surface area contributed by atoms with E-state index in [1.54, 1.807) is 40.3 Å². The second kappa shape index (κ2) is 27.5. The van der Waals surface area contributed by atoms with Crippen LogP contribution in [0.1, 0.15) is 106 Å². The first-order valence-corrected chi connectivity index (χ1v) is 33.8. The molecule has 0 amide bonds.